The fourth-order valence-electron chi connectivity index (χ4n) is 1.93. The first-order valence-electron chi connectivity index (χ1n) is 6.51. The molecule has 1 N–H and O–H groups in total. The second kappa shape index (κ2) is 8.11. The van der Waals surface area contributed by atoms with Crippen LogP contribution in [0.1, 0.15) is 18.9 Å². The lowest BCUT2D eigenvalue weighted by atomic mass is 10.1. The summed E-state index contributed by atoms with van der Waals surface area (Å²) in [4.78, 5) is 0. The van der Waals surface area contributed by atoms with Gasteiger partial charge in [-0.1, -0.05) is 19.1 Å². The van der Waals surface area contributed by atoms with Crippen molar-refractivity contribution in [2.75, 3.05) is 20.3 Å². The van der Waals surface area contributed by atoms with Crippen molar-refractivity contribution in [1.82, 2.24) is 5.32 Å². The van der Waals surface area contributed by atoms with Crippen LogP contribution in [0.3, 0.4) is 0 Å². The minimum Gasteiger partial charge on any atom is -0.406 e. The zero-order valence-corrected chi connectivity index (χ0v) is 11.7. The van der Waals surface area contributed by atoms with E-state index in [1.54, 1.807) is 19.2 Å². The molecule has 1 aromatic carbocycles. The van der Waals surface area contributed by atoms with E-state index in [9.17, 15) is 13.2 Å². The van der Waals surface area contributed by atoms with Crippen molar-refractivity contribution in [3.63, 3.8) is 0 Å². The number of ether oxygens (including phenoxy) is 2. The molecule has 0 spiro atoms. The highest BCUT2D eigenvalue weighted by Crippen LogP contribution is 2.23. The third-order valence-electron chi connectivity index (χ3n) is 2.80. The molecule has 0 aromatic heterocycles. The number of rotatable bonds is 8. The Morgan fingerprint density at radius 3 is 2.35 bits per heavy atom. The first kappa shape index (κ1) is 16.8. The molecular formula is C14H20F3NO2. The fourth-order valence-corrected chi connectivity index (χ4v) is 1.93. The number of benzene rings is 1. The molecule has 0 saturated carbocycles. The van der Waals surface area contributed by atoms with Gasteiger partial charge in [0.1, 0.15) is 5.75 Å². The average molecular weight is 291 g/mol. The summed E-state index contributed by atoms with van der Waals surface area (Å²) in [7, 11) is 1.65. The van der Waals surface area contributed by atoms with Gasteiger partial charge >= 0.3 is 6.36 Å². The third-order valence-corrected chi connectivity index (χ3v) is 2.80. The highest BCUT2D eigenvalue weighted by Gasteiger charge is 2.30. The summed E-state index contributed by atoms with van der Waals surface area (Å²) in [5.74, 6) is -0.193. The van der Waals surface area contributed by atoms with E-state index in [0.29, 0.717) is 6.61 Å². The predicted molar refractivity (Wildman–Crippen MR) is 70.8 cm³/mol. The lowest BCUT2D eigenvalue weighted by molar-refractivity contribution is -0.274. The monoisotopic (exact) mass is 291 g/mol. The Morgan fingerprint density at radius 1 is 1.20 bits per heavy atom. The van der Waals surface area contributed by atoms with Crippen molar-refractivity contribution in [2.24, 2.45) is 0 Å². The van der Waals surface area contributed by atoms with Crippen LogP contribution in [-0.2, 0) is 11.2 Å². The Kier molecular flexibility index (Phi) is 6.81. The van der Waals surface area contributed by atoms with Gasteiger partial charge in [0.2, 0.25) is 0 Å². The van der Waals surface area contributed by atoms with Crippen LogP contribution in [0.4, 0.5) is 13.2 Å². The van der Waals surface area contributed by atoms with Gasteiger partial charge in [-0.05, 0) is 37.1 Å². The molecule has 0 aliphatic carbocycles. The molecule has 0 saturated heterocycles. The number of nitrogens with one attached hydrogen (secondary N) is 1. The summed E-state index contributed by atoms with van der Waals surface area (Å²) in [5, 5.41) is 3.30. The smallest absolute Gasteiger partial charge is 0.406 e. The summed E-state index contributed by atoms with van der Waals surface area (Å²) in [5.41, 5.74) is 0.971. The summed E-state index contributed by atoms with van der Waals surface area (Å²) < 4.78 is 45.0. The van der Waals surface area contributed by atoms with Crippen LogP contribution in [0.2, 0.25) is 0 Å². The summed E-state index contributed by atoms with van der Waals surface area (Å²) >= 11 is 0. The molecule has 1 atom stereocenters. The van der Waals surface area contributed by atoms with Gasteiger partial charge in [0.15, 0.2) is 0 Å². The lowest BCUT2D eigenvalue weighted by Crippen LogP contribution is -2.33. The van der Waals surface area contributed by atoms with E-state index in [1.807, 2.05) is 6.92 Å². The first-order valence-corrected chi connectivity index (χ1v) is 6.51. The number of aryl methyl sites for hydroxylation is 1. The Bertz CT molecular complexity index is 373. The number of alkyl halides is 3. The van der Waals surface area contributed by atoms with Gasteiger partial charge in [-0.25, -0.2) is 0 Å². The van der Waals surface area contributed by atoms with E-state index in [4.69, 9.17) is 4.74 Å². The molecule has 1 rings (SSSR count). The van der Waals surface area contributed by atoms with Gasteiger partial charge < -0.3 is 14.8 Å². The molecule has 0 heterocycles. The highest BCUT2D eigenvalue weighted by atomic mass is 19.4. The van der Waals surface area contributed by atoms with Crippen LogP contribution in [0, 0.1) is 0 Å². The first-order chi connectivity index (χ1) is 9.44. The maximum absolute atomic E-state index is 12.0. The van der Waals surface area contributed by atoms with E-state index in [2.05, 4.69) is 10.1 Å². The van der Waals surface area contributed by atoms with Crippen LogP contribution in [0.5, 0.6) is 5.75 Å². The van der Waals surface area contributed by atoms with Crippen LogP contribution < -0.4 is 10.1 Å². The second-order valence-electron chi connectivity index (χ2n) is 4.44. The molecule has 114 valence electrons. The Hall–Kier alpha value is -1.27. The van der Waals surface area contributed by atoms with Gasteiger partial charge in [-0.2, -0.15) is 0 Å². The standard InChI is InChI=1S/C14H20F3NO2/c1-3-18-12(10-19-2)7-4-11-5-8-13(9-6-11)20-14(15,16)17/h5-6,8-9,12,18H,3-4,7,10H2,1-2H3. The normalized spacial score (nSPS) is 13.2. The minimum atomic E-state index is -4.64. The maximum Gasteiger partial charge on any atom is 0.573 e. The summed E-state index contributed by atoms with van der Waals surface area (Å²) in [6.45, 7) is 3.49. The van der Waals surface area contributed by atoms with Gasteiger partial charge in [0.05, 0.1) is 6.61 Å². The van der Waals surface area contributed by atoms with Gasteiger partial charge in [-0.3, -0.25) is 0 Å². The summed E-state index contributed by atoms with van der Waals surface area (Å²) in [6.07, 6.45) is -3.01. The molecule has 0 radical (unpaired) electrons. The van der Waals surface area contributed by atoms with Crippen molar-refractivity contribution < 1.29 is 22.6 Å². The number of halogens is 3. The molecule has 0 aliphatic rings. The van der Waals surface area contributed by atoms with Crippen molar-refractivity contribution in [1.29, 1.82) is 0 Å². The van der Waals surface area contributed by atoms with Crippen molar-refractivity contribution in [3.05, 3.63) is 29.8 Å². The number of methoxy groups -OCH3 is 1. The number of hydrogen-bond acceptors (Lipinski definition) is 3. The van der Waals surface area contributed by atoms with Crippen molar-refractivity contribution >= 4 is 0 Å². The minimum absolute atomic E-state index is 0.193. The molecule has 0 aliphatic heterocycles. The molecule has 0 amide bonds. The Balaban J connectivity index is 2.48. The second-order valence-corrected chi connectivity index (χ2v) is 4.44. The zero-order chi connectivity index (χ0) is 15.0. The zero-order valence-electron chi connectivity index (χ0n) is 11.7. The molecular weight excluding hydrogens is 271 g/mol. The summed E-state index contributed by atoms with van der Waals surface area (Å²) in [6, 6.07) is 6.22. The number of likely N-dealkylation sites (N-methyl/N-ethyl adjacent to an activating group) is 1. The van der Waals surface area contributed by atoms with Crippen LogP contribution in [0.25, 0.3) is 0 Å². The average Bonchev–Trinajstić information content (AvgIpc) is 2.36. The fraction of sp³-hybridized carbons (Fsp3) is 0.571. The molecule has 0 bridgehead atoms. The van der Waals surface area contributed by atoms with E-state index in [1.165, 1.54) is 12.1 Å². The Labute approximate surface area is 117 Å². The predicted octanol–water partition coefficient (Wildman–Crippen LogP) is 3.14. The Morgan fingerprint density at radius 2 is 1.85 bits per heavy atom. The van der Waals surface area contributed by atoms with E-state index >= 15 is 0 Å². The molecule has 1 unspecified atom stereocenters. The van der Waals surface area contributed by atoms with Gasteiger partial charge in [-0.15, -0.1) is 13.2 Å². The van der Waals surface area contributed by atoms with Gasteiger partial charge in [0, 0.05) is 13.2 Å². The molecule has 3 nitrogen and oxygen atoms in total. The van der Waals surface area contributed by atoms with Crippen LogP contribution in [0.15, 0.2) is 24.3 Å². The molecule has 20 heavy (non-hydrogen) atoms. The highest BCUT2D eigenvalue weighted by molar-refractivity contribution is 5.27. The third kappa shape index (κ3) is 6.77. The van der Waals surface area contributed by atoms with E-state index in [-0.39, 0.29) is 11.8 Å². The molecule has 0 fully saturated rings. The SMILES string of the molecule is CCNC(CCc1ccc(OC(F)(F)F)cc1)COC. The largest absolute Gasteiger partial charge is 0.573 e. The maximum atomic E-state index is 12.0. The lowest BCUT2D eigenvalue weighted by Gasteiger charge is -2.16. The van der Waals surface area contributed by atoms with E-state index < -0.39 is 6.36 Å². The number of hydrogen-bond donors (Lipinski definition) is 1. The molecule has 6 heteroatoms. The van der Waals surface area contributed by atoms with Crippen molar-refractivity contribution in [3.8, 4) is 5.75 Å². The quantitative estimate of drug-likeness (QED) is 0.798. The van der Waals surface area contributed by atoms with Crippen molar-refractivity contribution in [2.45, 2.75) is 32.2 Å². The van der Waals surface area contributed by atoms with Gasteiger partial charge in [0.25, 0.3) is 0 Å². The van der Waals surface area contributed by atoms with Crippen LogP contribution >= 0.6 is 0 Å². The van der Waals surface area contributed by atoms with E-state index in [0.717, 1.165) is 24.9 Å². The van der Waals surface area contributed by atoms with Crippen LogP contribution in [-0.4, -0.2) is 32.7 Å². The molecule has 1 aromatic rings. The topological polar surface area (TPSA) is 30.5 Å².